The van der Waals surface area contributed by atoms with E-state index in [2.05, 4.69) is 10.3 Å². The van der Waals surface area contributed by atoms with Crippen LogP contribution >= 0.6 is 0 Å². The maximum atomic E-state index is 11.9. The second kappa shape index (κ2) is 6.57. The monoisotopic (exact) mass is 320 g/mol. The average Bonchev–Trinajstić information content (AvgIpc) is 2.43. The first kappa shape index (κ1) is 16.0. The van der Waals surface area contributed by atoms with Crippen LogP contribution in [-0.4, -0.2) is 37.9 Å². The number of sulfone groups is 1. The maximum Gasteiger partial charge on any atom is 0.255 e. The van der Waals surface area contributed by atoms with E-state index in [9.17, 15) is 18.0 Å². The summed E-state index contributed by atoms with van der Waals surface area (Å²) < 4.78 is 21.9. The molecule has 116 valence electrons. The van der Waals surface area contributed by atoms with Crippen LogP contribution in [-0.2, 0) is 14.6 Å². The Hall–Kier alpha value is -2.41. The molecule has 2 aromatic rings. The van der Waals surface area contributed by atoms with Crippen molar-refractivity contribution in [3.05, 3.63) is 52.3 Å². The van der Waals surface area contributed by atoms with Gasteiger partial charge >= 0.3 is 0 Å². The van der Waals surface area contributed by atoms with Gasteiger partial charge in [0.1, 0.15) is 9.84 Å². The third-order valence-electron chi connectivity index (χ3n) is 2.97. The van der Waals surface area contributed by atoms with Gasteiger partial charge < -0.3 is 10.3 Å². The van der Waals surface area contributed by atoms with Gasteiger partial charge in [0.2, 0.25) is 5.91 Å². The highest BCUT2D eigenvalue weighted by atomic mass is 32.2. The van der Waals surface area contributed by atoms with Crippen molar-refractivity contribution in [2.24, 2.45) is 0 Å². The maximum absolute atomic E-state index is 11.9. The lowest BCUT2D eigenvalue weighted by molar-refractivity contribution is -0.116. The van der Waals surface area contributed by atoms with Gasteiger partial charge in [0.05, 0.1) is 5.75 Å². The van der Waals surface area contributed by atoms with E-state index in [1.165, 1.54) is 12.2 Å². The van der Waals surface area contributed by atoms with Crippen LogP contribution in [0.5, 0.6) is 0 Å². The summed E-state index contributed by atoms with van der Waals surface area (Å²) in [6.45, 7) is 0.0378. The molecule has 1 amide bonds. The molecule has 0 unspecified atom stereocenters. The number of hydrogen-bond acceptors (Lipinski definition) is 4. The highest BCUT2D eigenvalue weighted by molar-refractivity contribution is 7.90. The molecule has 7 heteroatoms. The number of pyridine rings is 1. The Kier molecular flexibility index (Phi) is 4.77. The van der Waals surface area contributed by atoms with Gasteiger partial charge in [-0.25, -0.2) is 8.42 Å². The number of para-hydroxylation sites is 1. The van der Waals surface area contributed by atoms with Crippen LogP contribution < -0.4 is 10.9 Å². The van der Waals surface area contributed by atoms with Crippen LogP contribution in [0, 0.1) is 0 Å². The molecule has 0 aliphatic rings. The summed E-state index contributed by atoms with van der Waals surface area (Å²) in [5.41, 5.74) is 0.790. The Morgan fingerprint density at radius 2 is 2.05 bits per heavy atom. The molecule has 1 aromatic heterocycles. The first-order chi connectivity index (χ1) is 10.3. The second-order valence-corrected chi connectivity index (χ2v) is 7.16. The molecule has 1 heterocycles. The molecule has 0 aliphatic heterocycles. The standard InChI is InChI=1S/C15H16N2O4S/c1-22(20,21)9-8-16-14(18)7-6-12-10-11-4-2-3-5-13(11)17-15(12)19/h2-7,10H,8-9H2,1H3,(H,16,18)(H,17,19)/b7-6+. The van der Waals surface area contributed by atoms with Crippen molar-refractivity contribution >= 4 is 32.7 Å². The summed E-state index contributed by atoms with van der Waals surface area (Å²) in [6, 6.07) is 9.01. The molecular weight excluding hydrogens is 304 g/mol. The predicted octanol–water partition coefficient (Wildman–Crippen LogP) is 0.702. The lowest BCUT2D eigenvalue weighted by Gasteiger charge is -2.01. The van der Waals surface area contributed by atoms with Crippen LogP contribution in [0.1, 0.15) is 5.56 Å². The number of hydrogen-bond donors (Lipinski definition) is 2. The zero-order valence-corrected chi connectivity index (χ0v) is 12.8. The minimum atomic E-state index is -3.11. The number of H-pyrrole nitrogens is 1. The Labute approximate surface area is 127 Å². The molecule has 6 nitrogen and oxygen atoms in total. The van der Waals surface area contributed by atoms with Gasteiger partial charge in [-0.2, -0.15) is 0 Å². The number of nitrogens with one attached hydrogen (secondary N) is 2. The van der Waals surface area contributed by atoms with Crippen molar-refractivity contribution in [3.63, 3.8) is 0 Å². The van der Waals surface area contributed by atoms with Crippen molar-refractivity contribution in [3.8, 4) is 0 Å². The topological polar surface area (TPSA) is 96.1 Å². The largest absolute Gasteiger partial charge is 0.352 e. The van der Waals surface area contributed by atoms with Crippen molar-refractivity contribution in [1.29, 1.82) is 0 Å². The summed E-state index contributed by atoms with van der Waals surface area (Å²) in [5.74, 6) is -0.570. The molecule has 0 saturated heterocycles. The van der Waals surface area contributed by atoms with E-state index in [4.69, 9.17) is 0 Å². The van der Waals surface area contributed by atoms with Gasteiger partial charge in [0, 0.05) is 30.0 Å². The van der Waals surface area contributed by atoms with E-state index >= 15 is 0 Å². The SMILES string of the molecule is CS(=O)(=O)CCNC(=O)/C=C/c1cc2ccccc2[nH]c1=O. The normalized spacial score (nSPS) is 11.9. The fourth-order valence-corrected chi connectivity index (χ4v) is 2.34. The molecule has 0 aliphatic carbocycles. The Bertz CT molecular complexity index is 882. The highest BCUT2D eigenvalue weighted by Crippen LogP contribution is 2.10. The second-order valence-electron chi connectivity index (χ2n) is 4.90. The quantitative estimate of drug-likeness (QED) is 0.793. The van der Waals surface area contributed by atoms with Crippen molar-refractivity contribution in [2.45, 2.75) is 0 Å². The number of amides is 1. The summed E-state index contributed by atoms with van der Waals surface area (Å²) in [4.78, 5) is 26.2. The van der Waals surface area contributed by atoms with Crippen molar-refractivity contribution < 1.29 is 13.2 Å². The number of rotatable bonds is 5. The number of carbonyl (C=O) groups excluding carboxylic acids is 1. The minimum Gasteiger partial charge on any atom is -0.352 e. The molecular formula is C15H16N2O4S. The van der Waals surface area contributed by atoms with Gasteiger partial charge in [0.15, 0.2) is 0 Å². The number of fused-ring (bicyclic) bond motifs is 1. The van der Waals surface area contributed by atoms with Crippen LogP contribution in [0.25, 0.3) is 17.0 Å². The number of benzene rings is 1. The Morgan fingerprint density at radius 1 is 1.32 bits per heavy atom. The third-order valence-corrected chi connectivity index (χ3v) is 3.91. The molecule has 0 saturated carbocycles. The van der Waals surface area contributed by atoms with Gasteiger partial charge in [0.25, 0.3) is 5.56 Å². The number of carbonyl (C=O) groups is 1. The molecule has 0 spiro atoms. The van der Waals surface area contributed by atoms with Crippen LogP contribution in [0.4, 0.5) is 0 Å². The molecule has 2 N–H and O–H groups in total. The molecule has 0 atom stereocenters. The summed E-state index contributed by atoms with van der Waals surface area (Å²) in [5, 5.41) is 3.31. The molecule has 2 rings (SSSR count). The zero-order valence-electron chi connectivity index (χ0n) is 12.0. The van der Waals surface area contributed by atoms with Crippen LogP contribution in [0.2, 0.25) is 0 Å². The molecule has 22 heavy (non-hydrogen) atoms. The summed E-state index contributed by atoms with van der Waals surface area (Å²) in [7, 11) is -3.11. The van der Waals surface area contributed by atoms with Crippen LogP contribution in [0.15, 0.2) is 41.2 Å². The Morgan fingerprint density at radius 3 is 2.77 bits per heavy atom. The first-order valence-corrected chi connectivity index (χ1v) is 8.67. The third kappa shape index (κ3) is 4.56. The lowest BCUT2D eigenvalue weighted by Crippen LogP contribution is -2.27. The molecule has 0 radical (unpaired) electrons. The van der Waals surface area contributed by atoms with Crippen molar-refractivity contribution in [1.82, 2.24) is 10.3 Å². The number of aromatic amines is 1. The smallest absolute Gasteiger partial charge is 0.255 e. The summed E-state index contributed by atoms with van der Waals surface area (Å²) in [6.07, 6.45) is 3.71. The van der Waals surface area contributed by atoms with Crippen LogP contribution in [0.3, 0.4) is 0 Å². The van der Waals surface area contributed by atoms with Gasteiger partial charge in [-0.3, -0.25) is 9.59 Å². The minimum absolute atomic E-state index is 0.0378. The van der Waals surface area contributed by atoms with E-state index in [1.54, 1.807) is 12.1 Å². The lowest BCUT2D eigenvalue weighted by atomic mass is 10.1. The van der Waals surface area contributed by atoms with E-state index in [1.807, 2.05) is 18.2 Å². The fraction of sp³-hybridized carbons (Fsp3) is 0.200. The zero-order chi connectivity index (χ0) is 16.2. The van der Waals surface area contributed by atoms with E-state index < -0.39 is 15.7 Å². The predicted molar refractivity (Wildman–Crippen MR) is 86.3 cm³/mol. The van der Waals surface area contributed by atoms with Crippen molar-refractivity contribution in [2.75, 3.05) is 18.6 Å². The van der Waals surface area contributed by atoms with Gasteiger partial charge in [-0.1, -0.05) is 18.2 Å². The Balaban J connectivity index is 2.08. The van der Waals surface area contributed by atoms with E-state index in [-0.39, 0.29) is 17.9 Å². The van der Waals surface area contributed by atoms with Gasteiger partial charge in [-0.15, -0.1) is 0 Å². The molecule has 0 fully saturated rings. The molecule has 0 bridgehead atoms. The fourth-order valence-electron chi connectivity index (χ4n) is 1.87. The molecule has 1 aromatic carbocycles. The van der Waals surface area contributed by atoms with Gasteiger partial charge in [-0.05, 0) is 23.6 Å². The number of aromatic nitrogens is 1. The summed E-state index contributed by atoms with van der Waals surface area (Å²) >= 11 is 0. The average molecular weight is 320 g/mol. The highest BCUT2D eigenvalue weighted by Gasteiger charge is 2.03. The van der Waals surface area contributed by atoms with E-state index in [0.717, 1.165) is 17.2 Å². The van der Waals surface area contributed by atoms with E-state index in [0.29, 0.717) is 5.56 Å². The first-order valence-electron chi connectivity index (χ1n) is 6.61.